The second kappa shape index (κ2) is 8.66. The number of nitrogens with zero attached hydrogens (tertiary/aromatic N) is 1. The molecule has 2 aromatic carbocycles. The average molecular weight is 395 g/mol. The Morgan fingerprint density at radius 1 is 1.14 bits per heavy atom. The Morgan fingerprint density at radius 2 is 1.93 bits per heavy atom. The molecule has 1 saturated heterocycles. The Labute approximate surface area is 170 Å². The van der Waals surface area contributed by atoms with Gasteiger partial charge in [0.1, 0.15) is 12.4 Å². The van der Waals surface area contributed by atoms with Gasteiger partial charge in [-0.15, -0.1) is 0 Å². The van der Waals surface area contributed by atoms with E-state index in [1.807, 2.05) is 31.2 Å². The number of para-hydroxylation sites is 1. The minimum absolute atomic E-state index is 0.0545. The Hall–Kier alpha value is -2.86. The molecule has 1 fully saturated rings. The molecule has 2 aliphatic heterocycles. The normalized spacial score (nSPS) is 20.4. The maximum absolute atomic E-state index is 12.6. The summed E-state index contributed by atoms with van der Waals surface area (Å²) in [4.78, 5) is 26.7. The van der Waals surface area contributed by atoms with Crippen molar-refractivity contribution in [2.75, 3.05) is 24.7 Å². The predicted molar refractivity (Wildman–Crippen MR) is 108 cm³/mol. The second-order valence-corrected chi connectivity index (χ2v) is 7.49. The van der Waals surface area contributed by atoms with Crippen LogP contribution in [0.25, 0.3) is 0 Å². The van der Waals surface area contributed by atoms with Gasteiger partial charge in [0, 0.05) is 18.3 Å². The maximum atomic E-state index is 12.6. The molecule has 29 heavy (non-hydrogen) atoms. The molecule has 0 radical (unpaired) electrons. The first kappa shape index (κ1) is 19.5. The van der Waals surface area contributed by atoms with Crippen LogP contribution in [0.5, 0.6) is 5.75 Å². The molecule has 0 aromatic heterocycles. The van der Waals surface area contributed by atoms with Gasteiger partial charge in [0.2, 0.25) is 0 Å². The van der Waals surface area contributed by atoms with Crippen LogP contribution in [-0.4, -0.2) is 43.8 Å². The molecule has 0 spiro atoms. The number of benzene rings is 2. The zero-order valence-electron chi connectivity index (χ0n) is 16.5. The molecule has 1 amide bonds. The highest BCUT2D eigenvalue weighted by molar-refractivity contribution is 5.99. The van der Waals surface area contributed by atoms with E-state index < -0.39 is 5.97 Å². The number of anilines is 1. The van der Waals surface area contributed by atoms with E-state index in [1.165, 1.54) is 0 Å². The lowest BCUT2D eigenvalue weighted by atomic mass is 10.1. The largest absolute Gasteiger partial charge is 0.491 e. The van der Waals surface area contributed by atoms with Crippen molar-refractivity contribution in [2.24, 2.45) is 0 Å². The summed E-state index contributed by atoms with van der Waals surface area (Å²) in [5.41, 5.74) is 2.42. The first-order valence-corrected chi connectivity index (χ1v) is 10.0. The van der Waals surface area contributed by atoms with Crippen molar-refractivity contribution < 1.29 is 23.8 Å². The van der Waals surface area contributed by atoms with Crippen molar-refractivity contribution in [3.8, 4) is 5.75 Å². The molecule has 2 atom stereocenters. The molecule has 0 saturated carbocycles. The molecule has 2 heterocycles. The molecule has 6 nitrogen and oxygen atoms in total. The summed E-state index contributed by atoms with van der Waals surface area (Å²) in [6.45, 7) is 3.01. The molecule has 0 unspecified atom stereocenters. The van der Waals surface area contributed by atoms with Gasteiger partial charge >= 0.3 is 5.97 Å². The molecule has 6 heteroatoms. The fourth-order valence-corrected chi connectivity index (χ4v) is 3.88. The third-order valence-corrected chi connectivity index (χ3v) is 5.35. The topological polar surface area (TPSA) is 65.1 Å². The van der Waals surface area contributed by atoms with Gasteiger partial charge in [-0.1, -0.05) is 18.2 Å². The lowest BCUT2D eigenvalue weighted by Crippen LogP contribution is -2.38. The Bertz CT molecular complexity index is 873. The molecule has 0 N–H and O–H groups in total. The van der Waals surface area contributed by atoms with E-state index in [-0.39, 0.29) is 24.7 Å². The third kappa shape index (κ3) is 4.43. The highest BCUT2D eigenvalue weighted by atomic mass is 16.5. The maximum Gasteiger partial charge on any atom is 0.338 e. The monoisotopic (exact) mass is 395 g/mol. The van der Waals surface area contributed by atoms with Crippen LogP contribution in [-0.2, 0) is 20.7 Å². The lowest BCUT2D eigenvalue weighted by Gasteiger charge is -2.22. The fraction of sp³-hybridized carbons (Fsp3) is 0.391. The van der Waals surface area contributed by atoms with Crippen LogP contribution in [0.2, 0.25) is 0 Å². The van der Waals surface area contributed by atoms with Gasteiger partial charge in [-0.05, 0) is 62.1 Å². The van der Waals surface area contributed by atoms with Gasteiger partial charge in [0.05, 0.1) is 11.7 Å². The first-order chi connectivity index (χ1) is 14.1. The molecule has 0 aliphatic carbocycles. The quantitative estimate of drug-likeness (QED) is 0.702. The van der Waals surface area contributed by atoms with Crippen LogP contribution < -0.4 is 9.64 Å². The van der Waals surface area contributed by atoms with Crippen LogP contribution in [0.15, 0.2) is 48.5 Å². The van der Waals surface area contributed by atoms with Crippen LogP contribution in [0.4, 0.5) is 5.69 Å². The van der Waals surface area contributed by atoms with Gasteiger partial charge in [-0.3, -0.25) is 4.79 Å². The van der Waals surface area contributed by atoms with Crippen LogP contribution in [0.1, 0.15) is 35.7 Å². The molecule has 2 aliphatic rings. The van der Waals surface area contributed by atoms with Gasteiger partial charge < -0.3 is 19.1 Å². The molecular formula is C23H25NO5. The van der Waals surface area contributed by atoms with Gasteiger partial charge in [0.25, 0.3) is 5.91 Å². The van der Waals surface area contributed by atoms with Crippen LogP contribution in [0, 0.1) is 0 Å². The van der Waals surface area contributed by atoms with E-state index in [0.717, 1.165) is 37.1 Å². The highest BCUT2D eigenvalue weighted by Crippen LogP contribution is 2.31. The second-order valence-electron chi connectivity index (χ2n) is 7.49. The number of carbonyl (C=O) groups excluding carboxylic acids is 2. The highest BCUT2D eigenvalue weighted by Gasteiger charge is 2.31. The van der Waals surface area contributed by atoms with E-state index in [2.05, 4.69) is 0 Å². The van der Waals surface area contributed by atoms with Crippen molar-refractivity contribution in [1.29, 1.82) is 0 Å². The Morgan fingerprint density at radius 3 is 2.69 bits per heavy atom. The number of amides is 1. The summed E-state index contributed by atoms with van der Waals surface area (Å²) in [5.74, 6) is -0.0629. The van der Waals surface area contributed by atoms with Gasteiger partial charge in [0.15, 0.2) is 6.61 Å². The summed E-state index contributed by atoms with van der Waals surface area (Å²) in [7, 11) is 0. The van der Waals surface area contributed by atoms with E-state index in [0.29, 0.717) is 17.9 Å². The van der Waals surface area contributed by atoms with Gasteiger partial charge in [-0.25, -0.2) is 4.79 Å². The van der Waals surface area contributed by atoms with Gasteiger partial charge in [-0.2, -0.15) is 0 Å². The molecular weight excluding hydrogens is 370 g/mol. The van der Waals surface area contributed by atoms with E-state index in [9.17, 15) is 9.59 Å². The number of esters is 1. The number of hydrogen-bond donors (Lipinski definition) is 0. The minimum atomic E-state index is -0.524. The zero-order chi connectivity index (χ0) is 20.2. The molecule has 152 valence electrons. The first-order valence-electron chi connectivity index (χ1n) is 10.0. The Kier molecular flexibility index (Phi) is 5.81. The minimum Gasteiger partial charge on any atom is -0.491 e. The summed E-state index contributed by atoms with van der Waals surface area (Å²) in [6, 6.07) is 14.6. The standard InChI is InChI=1S/C23H25NO5/c1-16-13-18-5-2-3-7-21(18)24(16)22(25)15-29-23(26)17-8-10-19(11-9-17)28-14-20-6-4-12-27-20/h2-3,5,7-11,16,20H,4,6,12-15H2,1H3/t16-,20-/m0/s1. The van der Waals surface area contributed by atoms with Crippen LogP contribution in [0.3, 0.4) is 0 Å². The SMILES string of the molecule is C[C@H]1Cc2ccccc2N1C(=O)COC(=O)c1ccc(OC[C@@H]2CCCO2)cc1. The summed E-state index contributed by atoms with van der Waals surface area (Å²) in [6.07, 6.45) is 3.03. The number of hydrogen-bond acceptors (Lipinski definition) is 5. The number of ether oxygens (including phenoxy) is 3. The average Bonchev–Trinajstić information content (AvgIpc) is 3.37. The number of rotatable bonds is 6. The molecule has 2 aromatic rings. The summed E-state index contributed by atoms with van der Waals surface area (Å²) in [5, 5.41) is 0. The van der Waals surface area contributed by atoms with Crippen molar-refractivity contribution in [3.63, 3.8) is 0 Å². The van der Waals surface area contributed by atoms with Crippen LogP contribution >= 0.6 is 0 Å². The van der Waals surface area contributed by atoms with E-state index >= 15 is 0 Å². The number of carbonyl (C=O) groups is 2. The molecule has 0 bridgehead atoms. The zero-order valence-corrected chi connectivity index (χ0v) is 16.5. The Balaban J connectivity index is 1.29. The van der Waals surface area contributed by atoms with E-state index in [4.69, 9.17) is 14.2 Å². The fourth-order valence-electron chi connectivity index (χ4n) is 3.88. The van der Waals surface area contributed by atoms with Crippen molar-refractivity contribution >= 4 is 17.6 Å². The summed E-state index contributed by atoms with van der Waals surface area (Å²) >= 11 is 0. The summed E-state index contributed by atoms with van der Waals surface area (Å²) < 4.78 is 16.5. The smallest absolute Gasteiger partial charge is 0.338 e. The lowest BCUT2D eigenvalue weighted by molar-refractivity contribution is -0.122. The predicted octanol–water partition coefficient (Wildman–Crippen LogP) is 3.38. The molecule has 4 rings (SSSR count). The van der Waals surface area contributed by atoms with Crippen molar-refractivity contribution in [1.82, 2.24) is 0 Å². The van der Waals surface area contributed by atoms with E-state index in [1.54, 1.807) is 29.2 Å². The number of fused-ring (bicyclic) bond motifs is 1. The van der Waals surface area contributed by atoms with Crippen molar-refractivity contribution in [2.45, 2.75) is 38.3 Å². The third-order valence-electron chi connectivity index (χ3n) is 5.35. The van der Waals surface area contributed by atoms with Crippen molar-refractivity contribution in [3.05, 3.63) is 59.7 Å².